The van der Waals surface area contributed by atoms with E-state index in [0.29, 0.717) is 6.42 Å². The molecule has 0 unspecified atom stereocenters. The zero-order valence-electron chi connectivity index (χ0n) is 20.6. The molecule has 4 N–H and O–H groups in total. The van der Waals surface area contributed by atoms with Gasteiger partial charge in [0.15, 0.2) is 12.4 Å². The van der Waals surface area contributed by atoms with Gasteiger partial charge >= 0.3 is 11.9 Å². The van der Waals surface area contributed by atoms with Gasteiger partial charge in [-0.1, -0.05) is 66.2 Å². The highest BCUT2D eigenvalue weighted by Crippen LogP contribution is 2.22. The lowest BCUT2D eigenvalue weighted by molar-refractivity contribution is -0.305. The van der Waals surface area contributed by atoms with Gasteiger partial charge in [-0.25, -0.2) is 0 Å². The minimum Gasteiger partial charge on any atom is -0.462 e. The summed E-state index contributed by atoms with van der Waals surface area (Å²) in [5.41, 5.74) is 0. The predicted octanol–water partition coefficient (Wildman–Crippen LogP) is 2.22. The van der Waals surface area contributed by atoms with Crippen LogP contribution in [0.2, 0.25) is 0 Å². The molecule has 1 fully saturated rings. The Bertz CT molecular complexity index is 556. The highest BCUT2D eigenvalue weighted by Gasteiger charge is 2.44. The summed E-state index contributed by atoms with van der Waals surface area (Å²) in [4.78, 5) is 24.3. The minimum absolute atomic E-state index is 0. The quantitative estimate of drug-likeness (QED) is 0.160. The monoisotopic (exact) mass is 508 g/mol. The zero-order valence-corrected chi connectivity index (χ0v) is 20.6. The first kappa shape index (κ1) is 33.7. The fraction of sp³-hybridized carbons (Fsp3) is 0.920. The summed E-state index contributed by atoms with van der Waals surface area (Å²) in [6.07, 6.45) is 1.03. The molecule has 1 rings (SSSR count). The maximum Gasteiger partial charge on any atom is 0.306 e. The van der Waals surface area contributed by atoms with Gasteiger partial charge in [-0.3, -0.25) is 9.59 Å². The van der Waals surface area contributed by atoms with Crippen molar-refractivity contribution in [2.24, 2.45) is 0 Å². The lowest BCUT2D eigenvalue weighted by Gasteiger charge is -2.39. The average Bonchev–Trinajstić information content (AvgIpc) is 2.83. The highest BCUT2D eigenvalue weighted by atomic mass is 16.7. The largest absolute Gasteiger partial charge is 0.462 e. The number of carbonyl (C=O) groups excluding carboxylic acids is 2. The summed E-state index contributed by atoms with van der Waals surface area (Å²) in [5, 5.41) is 39.2. The summed E-state index contributed by atoms with van der Waals surface area (Å²) in [5.74, 6) is -0.845. The average molecular weight is 509 g/mol. The van der Waals surface area contributed by atoms with Gasteiger partial charge in [0.1, 0.15) is 31.0 Å². The fourth-order valence-electron chi connectivity index (χ4n) is 3.60. The fourth-order valence-corrected chi connectivity index (χ4v) is 3.60. The Morgan fingerprint density at radius 2 is 1.37 bits per heavy atom. The molecule has 6 atom stereocenters. The van der Waals surface area contributed by atoms with Crippen molar-refractivity contribution in [3.05, 3.63) is 0 Å². The standard InChI is InChI=1S/C24H44O10.CH4/c1-3-5-7-9-11-13-20(27)33-17(15-31-19(26)12-10-8-6-4-2)16-32-24-23(30)22(29)21(28)18(14-25)34-24;/h17-18,21-25,28-30H,3-16H2,1-2H3;1H4/t17-,18-,21+,22+,23-,24-;/m1./s1. The van der Waals surface area contributed by atoms with Crippen molar-refractivity contribution < 1.29 is 49.0 Å². The van der Waals surface area contributed by atoms with Crippen molar-refractivity contribution in [1.82, 2.24) is 0 Å². The normalized spacial score (nSPS) is 24.9. The molecule has 10 nitrogen and oxygen atoms in total. The first-order chi connectivity index (χ1) is 16.3. The molecule has 1 saturated heterocycles. The van der Waals surface area contributed by atoms with Crippen LogP contribution in [0.5, 0.6) is 0 Å². The molecule has 0 radical (unpaired) electrons. The Morgan fingerprint density at radius 1 is 0.800 bits per heavy atom. The Hall–Kier alpha value is -1.30. The first-order valence-corrected chi connectivity index (χ1v) is 12.6. The first-order valence-electron chi connectivity index (χ1n) is 12.6. The van der Waals surface area contributed by atoms with E-state index >= 15 is 0 Å². The number of carbonyl (C=O) groups is 2. The van der Waals surface area contributed by atoms with Crippen LogP contribution < -0.4 is 0 Å². The van der Waals surface area contributed by atoms with Crippen molar-refractivity contribution in [3.8, 4) is 0 Å². The molecule has 0 aromatic carbocycles. The van der Waals surface area contributed by atoms with Gasteiger partial charge in [-0.15, -0.1) is 0 Å². The van der Waals surface area contributed by atoms with E-state index in [1.165, 1.54) is 0 Å². The second kappa shape index (κ2) is 19.8. The lowest BCUT2D eigenvalue weighted by atomic mass is 9.99. The van der Waals surface area contributed by atoms with Crippen molar-refractivity contribution in [1.29, 1.82) is 0 Å². The molecule has 0 saturated carbocycles. The number of aliphatic hydroxyl groups is 4. The van der Waals surface area contributed by atoms with Crippen LogP contribution in [0.25, 0.3) is 0 Å². The Kier molecular flexibility index (Phi) is 19.1. The maximum atomic E-state index is 12.3. The van der Waals surface area contributed by atoms with Crippen LogP contribution in [-0.2, 0) is 28.5 Å². The van der Waals surface area contributed by atoms with Crippen molar-refractivity contribution in [2.45, 2.75) is 129 Å². The molecule has 0 bridgehead atoms. The number of hydrogen-bond donors (Lipinski definition) is 4. The van der Waals surface area contributed by atoms with E-state index in [4.69, 9.17) is 18.9 Å². The summed E-state index contributed by atoms with van der Waals surface area (Å²) >= 11 is 0. The zero-order chi connectivity index (χ0) is 25.3. The number of hydrogen-bond acceptors (Lipinski definition) is 10. The molecule has 35 heavy (non-hydrogen) atoms. The molecule has 1 aliphatic heterocycles. The molecule has 0 spiro atoms. The van der Waals surface area contributed by atoms with Gasteiger partial charge in [0, 0.05) is 12.8 Å². The van der Waals surface area contributed by atoms with Gasteiger partial charge in [0.25, 0.3) is 0 Å². The van der Waals surface area contributed by atoms with Crippen LogP contribution in [0.15, 0.2) is 0 Å². The molecule has 208 valence electrons. The van der Waals surface area contributed by atoms with E-state index in [0.717, 1.165) is 51.4 Å². The van der Waals surface area contributed by atoms with Gasteiger partial charge in [-0.2, -0.15) is 0 Å². The Morgan fingerprint density at radius 3 is 1.97 bits per heavy atom. The second-order valence-electron chi connectivity index (χ2n) is 8.80. The van der Waals surface area contributed by atoms with Crippen LogP contribution in [0.3, 0.4) is 0 Å². The smallest absolute Gasteiger partial charge is 0.306 e. The van der Waals surface area contributed by atoms with Crippen molar-refractivity contribution >= 4 is 11.9 Å². The summed E-state index contributed by atoms with van der Waals surface area (Å²) in [6.45, 7) is 3.12. The molecule has 10 heteroatoms. The Balaban J connectivity index is 0.0000116. The summed E-state index contributed by atoms with van der Waals surface area (Å²) in [7, 11) is 0. The third kappa shape index (κ3) is 13.5. The Labute approximate surface area is 209 Å². The molecule has 0 aliphatic carbocycles. The maximum absolute atomic E-state index is 12.3. The van der Waals surface area contributed by atoms with Gasteiger partial charge in [0.05, 0.1) is 13.2 Å². The van der Waals surface area contributed by atoms with E-state index in [1.807, 2.05) is 0 Å². The topological polar surface area (TPSA) is 152 Å². The molecule has 1 heterocycles. The number of ether oxygens (including phenoxy) is 4. The third-order valence-corrected chi connectivity index (χ3v) is 5.74. The van der Waals surface area contributed by atoms with E-state index in [-0.39, 0.29) is 33.5 Å². The predicted molar refractivity (Wildman–Crippen MR) is 129 cm³/mol. The van der Waals surface area contributed by atoms with Crippen molar-refractivity contribution in [3.63, 3.8) is 0 Å². The number of rotatable bonds is 18. The minimum atomic E-state index is -1.58. The molecule has 0 aromatic rings. The second-order valence-corrected chi connectivity index (χ2v) is 8.80. The van der Waals surface area contributed by atoms with Crippen molar-refractivity contribution in [2.75, 3.05) is 19.8 Å². The van der Waals surface area contributed by atoms with E-state index in [9.17, 15) is 30.0 Å². The van der Waals surface area contributed by atoms with Gasteiger partial charge in [-0.05, 0) is 12.8 Å². The summed E-state index contributed by atoms with van der Waals surface area (Å²) < 4.78 is 21.5. The number of unbranched alkanes of at least 4 members (excludes halogenated alkanes) is 7. The van der Waals surface area contributed by atoms with Gasteiger partial charge in [0.2, 0.25) is 0 Å². The van der Waals surface area contributed by atoms with E-state index in [2.05, 4.69) is 13.8 Å². The molecular formula is C25H48O10. The number of esters is 2. The molecular weight excluding hydrogens is 460 g/mol. The van der Waals surface area contributed by atoms with E-state index < -0.39 is 55.4 Å². The van der Waals surface area contributed by atoms with Crippen LogP contribution in [-0.4, -0.2) is 89.0 Å². The van der Waals surface area contributed by atoms with Crippen LogP contribution in [0.1, 0.15) is 91.9 Å². The lowest BCUT2D eigenvalue weighted by Crippen LogP contribution is -2.59. The number of aliphatic hydroxyl groups excluding tert-OH is 4. The highest BCUT2D eigenvalue weighted by molar-refractivity contribution is 5.70. The van der Waals surface area contributed by atoms with Crippen LogP contribution in [0.4, 0.5) is 0 Å². The van der Waals surface area contributed by atoms with Crippen LogP contribution >= 0.6 is 0 Å². The third-order valence-electron chi connectivity index (χ3n) is 5.74. The van der Waals surface area contributed by atoms with E-state index in [1.54, 1.807) is 0 Å². The van der Waals surface area contributed by atoms with Crippen LogP contribution in [0, 0.1) is 0 Å². The van der Waals surface area contributed by atoms with Gasteiger partial charge < -0.3 is 39.4 Å². The molecule has 1 aliphatic rings. The summed E-state index contributed by atoms with van der Waals surface area (Å²) in [6, 6.07) is 0. The SMILES string of the molecule is C.CCCCCCCC(=O)O[C@H](COC(=O)CCCCCC)CO[C@@H]1O[C@H](CO)[C@H](O)[C@H](O)[C@H]1O. The molecule has 0 amide bonds. The molecule has 0 aromatic heterocycles.